The molecular weight excluding hydrogens is 188 g/mol. The topological polar surface area (TPSA) is 53.6 Å². The lowest BCUT2D eigenvalue weighted by molar-refractivity contribution is 0.719. The van der Waals surface area contributed by atoms with E-state index in [1.807, 2.05) is 30.8 Å². The van der Waals surface area contributed by atoms with Gasteiger partial charge in [0.15, 0.2) is 0 Å². The SMILES string of the molecule is CNCc1nc2ccc(C#N)cc2n1C. The van der Waals surface area contributed by atoms with Crippen LogP contribution in [0.5, 0.6) is 0 Å². The molecular formula is C11H12N4. The van der Waals surface area contributed by atoms with Crippen molar-refractivity contribution in [1.29, 1.82) is 5.26 Å². The van der Waals surface area contributed by atoms with Gasteiger partial charge < -0.3 is 9.88 Å². The molecule has 1 aromatic carbocycles. The van der Waals surface area contributed by atoms with Gasteiger partial charge in [0.1, 0.15) is 5.82 Å². The molecule has 0 saturated carbocycles. The lowest BCUT2D eigenvalue weighted by Gasteiger charge is -2.00. The molecule has 4 heteroatoms. The Labute approximate surface area is 88.2 Å². The van der Waals surface area contributed by atoms with Crippen molar-refractivity contribution in [3.8, 4) is 6.07 Å². The zero-order chi connectivity index (χ0) is 10.8. The minimum Gasteiger partial charge on any atom is -0.330 e. The van der Waals surface area contributed by atoms with Crippen LogP contribution in [0, 0.1) is 11.3 Å². The maximum absolute atomic E-state index is 8.81. The summed E-state index contributed by atoms with van der Waals surface area (Å²) < 4.78 is 2.01. The molecule has 0 saturated heterocycles. The highest BCUT2D eigenvalue weighted by Gasteiger charge is 2.06. The van der Waals surface area contributed by atoms with E-state index in [2.05, 4.69) is 16.4 Å². The number of hydrogen-bond donors (Lipinski definition) is 1. The summed E-state index contributed by atoms with van der Waals surface area (Å²) in [6, 6.07) is 7.67. The summed E-state index contributed by atoms with van der Waals surface area (Å²) in [5.74, 6) is 0.975. The number of nitrogens with one attached hydrogen (secondary N) is 1. The molecule has 0 spiro atoms. The van der Waals surface area contributed by atoms with Crippen LogP contribution < -0.4 is 5.32 Å². The predicted molar refractivity (Wildman–Crippen MR) is 58.2 cm³/mol. The van der Waals surface area contributed by atoms with Crippen molar-refractivity contribution in [2.45, 2.75) is 6.54 Å². The Morgan fingerprint density at radius 2 is 2.33 bits per heavy atom. The number of fused-ring (bicyclic) bond motifs is 1. The van der Waals surface area contributed by atoms with Crippen molar-refractivity contribution >= 4 is 11.0 Å². The van der Waals surface area contributed by atoms with E-state index < -0.39 is 0 Å². The molecule has 0 bridgehead atoms. The Hall–Kier alpha value is -1.86. The van der Waals surface area contributed by atoms with Gasteiger partial charge in [0.05, 0.1) is 29.2 Å². The molecule has 0 unspecified atom stereocenters. The first-order valence-electron chi connectivity index (χ1n) is 4.76. The fourth-order valence-electron chi connectivity index (χ4n) is 1.63. The van der Waals surface area contributed by atoms with Crippen LogP contribution in [0.4, 0.5) is 0 Å². The van der Waals surface area contributed by atoms with Gasteiger partial charge in [0.2, 0.25) is 0 Å². The molecule has 1 aromatic heterocycles. The predicted octanol–water partition coefficient (Wildman–Crippen LogP) is 1.16. The van der Waals surface area contributed by atoms with Gasteiger partial charge in [0, 0.05) is 7.05 Å². The summed E-state index contributed by atoms with van der Waals surface area (Å²) in [7, 11) is 3.85. The summed E-state index contributed by atoms with van der Waals surface area (Å²) in [4.78, 5) is 4.47. The second-order valence-electron chi connectivity index (χ2n) is 3.43. The van der Waals surface area contributed by atoms with Crippen LogP contribution in [-0.4, -0.2) is 16.6 Å². The number of imidazole rings is 1. The van der Waals surface area contributed by atoms with E-state index in [1.54, 1.807) is 6.07 Å². The molecule has 0 amide bonds. The summed E-state index contributed by atoms with van der Waals surface area (Å²) in [6.45, 7) is 0.729. The van der Waals surface area contributed by atoms with Crippen molar-refractivity contribution in [2.24, 2.45) is 7.05 Å². The number of nitrogens with zero attached hydrogens (tertiary/aromatic N) is 3. The Bertz CT molecular complexity index is 533. The van der Waals surface area contributed by atoms with Gasteiger partial charge in [-0.3, -0.25) is 0 Å². The number of hydrogen-bond acceptors (Lipinski definition) is 3. The van der Waals surface area contributed by atoms with Gasteiger partial charge >= 0.3 is 0 Å². The van der Waals surface area contributed by atoms with Crippen molar-refractivity contribution in [3.63, 3.8) is 0 Å². The Morgan fingerprint density at radius 1 is 1.53 bits per heavy atom. The quantitative estimate of drug-likeness (QED) is 0.791. The second-order valence-corrected chi connectivity index (χ2v) is 3.43. The molecule has 0 fully saturated rings. The van der Waals surface area contributed by atoms with Crippen LogP contribution in [0.2, 0.25) is 0 Å². The Kier molecular flexibility index (Phi) is 2.40. The van der Waals surface area contributed by atoms with Crippen LogP contribution in [0.1, 0.15) is 11.4 Å². The zero-order valence-corrected chi connectivity index (χ0v) is 8.78. The van der Waals surface area contributed by atoms with Gasteiger partial charge in [-0.05, 0) is 25.2 Å². The summed E-state index contributed by atoms with van der Waals surface area (Å²) >= 11 is 0. The first-order chi connectivity index (χ1) is 7.26. The van der Waals surface area contributed by atoms with Crippen LogP contribution in [-0.2, 0) is 13.6 Å². The lowest BCUT2D eigenvalue weighted by atomic mass is 10.2. The zero-order valence-electron chi connectivity index (χ0n) is 8.78. The van der Waals surface area contributed by atoms with E-state index in [4.69, 9.17) is 5.26 Å². The molecule has 0 aliphatic carbocycles. The van der Waals surface area contributed by atoms with E-state index in [0.717, 1.165) is 23.4 Å². The fourth-order valence-corrected chi connectivity index (χ4v) is 1.63. The fraction of sp³-hybridized carbons (Fsp3) is 0.273. The Balaban J connectivity index is 2.62. The summed E-state index contributed by atoms with van der Waals surface area (Å²) in [5, 5.41) is 11.9. The highest BCUT2D eigenvalue weighted by Crippen LogP contribution is 2.16. The van der Waals surface area contributed by atoms with E-state index in [-0.39, 0.29) is 0 Å². The number of aromatic nitrogens is 2. The molecule has 76 valence electrons. The van der Waals surface area contributed by atoms with Crippen LogP contribution in [0.15, 0.2) is 18.2 Å². The Morgan fingerprint density at radius 3 is 3.00 bits per heavy atom. The lowest BCUT2D eigenvalue weighted by Crippen LogP contribution is -2.10. The third-order valence-corrected chi connectivity index (χ3v) is 2.44. The van der Waals surface area contributed by atoms with Crippen LogP contribution >= 0.6 is 0 Å². The molecule has 15 heavy (non-hydrogen) atoms. The smallest absolute Gasteiger partial charge is 0.123 e. The third kappa shape index (κ3) is 1.58. The van der Waals surface area contributed by atoms with Gasteiger partial charge in [-0.15, -0.1) is 0 Å². The molecule has 1 heterocycles. The summed E-state index contributed by atoms with van der Waals surface area (Å²) in [6.07, 6.45) is 0. The molecule has 2 aromatic rings. The monoisotopic (exact) mass is 200 g/mol. The number of benzene rings is 1. The standard InChI is InChI=1S/C11H12N4/c1-13-7-11-14-9-4-3-8(6-12)5-10(9)15(11)2/h3-5,13H,7H2,1-2H3. The van der Waals surface area contributed by atoms with E-state index >= 15 is 0 Å². The van der Waals surface area contributed by atoms with Gasteiger partial charge in [-0.2, -0.15) is 5.26 Å². The number of rotatable bonds is 2. The summed E-state index contributed by atoms with van der Waals surface area (Å²) in [5.41, 5.74) is 2.60. The van der Waals surface area contributed by atoms with Crippen molar-refractivity contribution in [1.82, 2.24) is 14.9 Å². The normalized spacial score (nSPS) is 10.5. The van der Waals surface area contributed by atoms with Gasteiger partial charge in [-0.1, -0.05) is 0 Å². The van der Waals surface area contributed by atoms with E-state index in [1.165, 1.54) is 0 Å². The van der Waals surface area contributed by atoms with Crippen molar-refractivity contribution in [2.75, 3.05) is 7.05 Å². The van der Waals surface area contributed by atoms with Crippen LogP contribution in [0.3, 0.4) is 0 Å². The molecule has 0 aliphatic rings. The molecule has 0 atom stereocenters. The molecule has 0 radical (unpaired) electrons. The van der Waals surface area contributed by atoms with Gasteiger partial charge in [0.25, 0.3) is 0 Å². The second kappa shape index (κ2) is 3.71. The number of nitriles is 1. The van der Waals surface area contributed by atoms with Crippen molar-refractivity contribution in [3.05, 3.63) is 29.6 Å². The largest absolute Gasteiger partial charge is 0.330 e. The molecule has 2 rings (SSSR count). The first kappa shape index (κ1) is 9.69. The number of aryl methyl sites for hydroxylation is 1. The highest BCUT2D eigenvalue weighted by molar-refractivity contribution is 5.77. The third-order valence-electron chi connectivity index (χ3n) is 2.44. The van der Waals surface area contributed by atoms with E-state index in [9.17, 15) is 0 Å². The van der Waals surface area contributed by atoms with E-state index in [0.29, 0.717) is 5.56 Å². The van der Waals surface area contributed by atoms with Crippen LogP contribution in [0.25, 0.3) is 11.0 Å². The van der Waals surface area contributed by atoms with Crippen molar-refractivity contribution < 1.29 is 0 Å². The highest BCUT2D eigenvalue weighted by atomic mass is 15.1. The first-order valence-corrected chi connectivity index (χ1v) is 4.76. The molecule has 4 nitrogen and oxygen atoms in total. The molecule has 0 aliphatic heterocycles. The average molecular weight is 200 g/mol. The van der Waals surface area contributed by atoms with Gasteiger partial charge in [-0.25, -0.2) is 4.98 Å². The maximum Gasteiger partial charge on any atom is 0.123 e. The maximum atomic E-state index is 8.81. The minimum absolute atomic E-state index is 0.668. The average Bonchev–Trinajstić information content (AvgIpc) is 2.56. The minimum atomic E-state index is 0.668. The molecule has 1 N–H and O–H groups in total.